The van der Waals surface area contributed by atoms with E-state index >= 15 is 0 Å². The number of aromatic nitrogens is 1. The molecule has 0 bridgehead atoms. The average Bonchev–Trinajstić information content (AvgIpc) is 2.37. The first-order valence-electron chi connectivity index (χ1n) is 6.14. The van der Waals surface area contributed by atoms with E-state index in [1.165, 1.54) is 0 Å². The minimum absolute atomic E-state index is 0.0455. The summed E-state index contributed by atoms with van der Waals surface area (Å²) in [6.07, 6.45) is 5.53. The molecule has 2 rings (SSSR count). The van der Waals surface area contributed by atoms with Crippen LogP contribution in [0.4, 0.5) is 0 Å². The Balaban J connectivity index is 2.08. The summed E-state index contributed by atoms with van der Waals surface area (Å²) in [4.78, 5) is 20.5. The smallest absolute Gasteiger partial charge is 0.255 e. The summed E-state index contributed by atoms with van der Waals surface area (Å²) in [5.41, 5.74) is 0.639. The van der Waals surface area contributed by atoms with Crippen molar-refractivity contribution in [3.05, 3.63) is 28.5 Å². The van der Waals surface area contributed by atoms with E-state index in [1.54, 1.807) is 12.4 Å². The minimum Gasteiger partial charge on any atom is -0.337 e. The normalized spacial score (nSPS) is 20.7. The topological polar surface area (TPSA) is 36.4 Å². The predicted molar refractivity (Wildman–Crippen MR) is 74.5 cm³/mol. The SMILES string of the molecule is CN1CCCC(N(C)C(=O)c2cncc(Br)c2)C1. The molecule has 0 aromatic carbocycles. The molecule has 0 saturated carbocycles. The first-order chi connectivity index (χ1) is 8.58. The van der Waals surface area contributed by atoms with Gasteiger partial charge < -0.3 is 9.80 Å². The Hall–Kier alpha value is -0.940. The fourth-order valence-corrected chi connectivity index (χ4v) is 2.72. The van der Waals surface area contributed by atoms with Gasteiger partial charge in [0.05, 0.1) is 5.56 Å². The van der Waals surface area contributed by atoms with Crippen LogP contribution in [0.2, 0.25) is 0 Å². The average molecular weight is 312 g/mol. The van der Waals surface area contributed by atoms with Crippen molar-refractivity contribution in [2.24, 2.45) is 0 Å². The molecule has 1 aromatic rings. The van der Waals surface area contributed by atoms with E-state index < -0.39 is 0 Å². The molecule has 0 N–H and O–H groups in total. The van der Waals surface area contributed by atoms with Crippen LogP contribution in [0.5, 0.6) is 0 Å². The van der Waals surface area contributed by atoms with Gasteiger partial charge >= 0.3 is 0 Å². The number of amides is 1. The molecule has 2 heterocycles. The number of nitrogens with zero attached hydrogens (tertiary/aromatic N) is 3. The first kappa shape index (κ1) is 13.5. The highest BCUT2D eigenvalue weighted by Gasteiger charge is 2.25. The molecular weight excluding hydrogens is 294 g/mol. The summed E-state index contributed by atoms with van der Waals surface area (Å²) >= 11 is 3.34. The molecule has 1 atom stereocenters. The van der Waals surface area contributed by atoms with E-state index in [4.69, 9.17) is 0 Å². The van der Waals surface area contributed by atoms with Crippen molar-refractivity contribution in [2.45, 2.75) is 18.9 Å². The Kier molecular flexibility index (Phi) is 4.35. The molecule has 0 aliphatic carbocycles. The van der Waals surface area contributed by atoms with Crippen molar-refractivity contribution in [3.63, 3.8) is 0 Å². The van der Waals surface area contributed by atoms with E-state index in [1.807, 2.05) is 18.0 Å². The van der Waals surface area contributed by atoms with E-state index in [0.717, 1.165) is 30.4 Å². The molecule has 1 amide bonds. The maximum atomic E-state index is 12.3. The van der Waals surface area contributed by atoms with Crippen molar-refractivity contribution >= 4 is 21.8 Å². The minimum atomic E-state index is 0.0455. The van der Waals surface area contributed by atoms with Crippen LogP contribution in [0.25, 0.3) is 0 Å². The van der Waals surface area contributed by atoms with E-state index in [0.29, 0.717) is 11.6 Å². The summed E-state index contributed by atoms with van der Waals surface area (Å²) in [5.74, 6) is 0.0455. The lowest BCUT2D eigenvalue weighted by atomic mass is 10.0. The van der Waals surface area contributed by atoms with Gasteiger partial charge in [-0.1, -0.05) is 0 Å². The number of piperidine rings is 1. The summed E-state index contributed by atoms with van der Waals surface area (Å²) in [7, 11) is 3.98. The third-order valence-electron chi connectivity index (χ3n) is 3.42. The number of hydrogen-bond donors (Lipinski definition) is 0. The van der Waals surface area contributed by atoms with Crippen LogP contribution < -0.4 is 0 Å². The van der Waals surface area contributed by atoms with Gasteiger partial charge in [-0.3, -0.25) is 9.78 Å². The zero-order valence-corrected chi connectivity index (χ0v) is 12.4. The van der Waals surface area contributed by atoms with Crippen LogP contribution in [0, 0.1) is 0 Å². The number of pyridine rings is 1. The molecule has 0 spiro atoms. The molecule has 0 radical (unpaired) electrons. The maximum absolute atomic E-state index is 12.3. The molecule has 4 nitrogen and oxygen atoms in total. The molecular formula is C13H18BrN3O. The maximum Gasteiger partial charge on any atom is 0.255 e. The number of likely N-dealkylation sites (tertiary alicyclic amines) is 1. The molecule has 1 saturated heterocycles. The highest BCUT2D eigenvalue weighted by molar-refractivity contribution is 9.10. The Bertz CT molecular complexity index is 438. The number of halogens is 1. The molecule has 5 heteroatoms. The monoisotopic (exact) mass is 311 g/mol. The lowest BCUT2D eigenvalue weighted by molar-refractivity contribution is 0.0643. The number of hydrogen-bond acceptors (Lipinski definition) is 3. The number of likely N-dealkylation sites (N-methyl/N-ethyl adjacent to an activating group) is 2. The molecule has 1 unspecified atom stereocenters. The van der Waals surface area contributed by atoms with Gasteiger partial charge in [0.1, 0.15) is 0 Å². The molecule has 1 aliphatic rings. The van der Waals surface area contributed by atoms with Crippen LogP contribution in [-0.4, -0.2) is 53.9 Å². The standard InChI is InChI=1S/C13H18BrN3O/c1-16-5-3-4-12(9-16)17(2)13(18)10-6-11(14)8-15-7-10/h6-8,12H,3-5,9H2,1-2H3. The van der Waals surface area contributed by atoms with Gasteiger partial charge in [0, 0.05) is 36.5 Å². The molecule has 1 fully saturated rings. The number of carbonyl (C=O) groups excluding carboxylic acids is 1. The Morgan fingerprint density at radius 2 is 2.33 bits per heavy atom. The second-order valence-electron chi connectivity index (χ2n) is 4.87. The lowest BCUT2D eigenvalue weighted by Gasteiger charge is -2.35. The van der Waals surface area contributed by atoms with Gasteiger partial charge in [0.25, 0.3) is 5.91 Å². The van der Waals surface area contributed by atoms with Gasteiger partial charge in [-0.25, -0.2) is 0 Å². The summed E-state index contributed by atoms with van der Waals surface area (Å²) in [6, 6.07) is 2.12. The summed E-state index contributed by atoms with van der Waals surface area (Å²) in [5, 5.41) is 0. The van der Waals surface area contributed by atoms with Crippen molar-refractivity contribution in [1.29, 1.82) is 0 Å². The Morgan fingerprint density at radius 3 is 3.00 bits per heavy atom. The zero-order chi connectivity index (χ0) is 13.1. The highest BCUT2D eigenvalue weighted by atomic mass is 79.9. The second-order valence-corrected chi connectivity index (χ2v) is 5.78. The van der Waals surface area contributed by atoms with Crippen LogP contribution in [0.1, 0.15) is 23.2 Å². The van der Waals surface area contributed by atoms with Crippen molar-refractivity contribution in [2.75, 3.05) is 27.2 Å². The third-order valence-corrected chi connectivity index (χ3v) is 3.85. The van der Waals surface area contributed by atoms with Crippen LogP contribution >= 0.6 is 15.9 Å². The lowest BCUT2D eigenvalue weighted by Crippen LogP contribution is -2.47. The van der Waals surface area contributed by atoms with Crippen LogP contribution in [0.15, 0.2) is 22.9 Å². The molecule has 18 heavy (non-hydrogen) atoms. The van der Waals surface area contributed by atoms with Crippen LogP contribution in [0.3, 0.4) is 0 Å². The van der Waals surface area contributed by atoms with Gasteiger partial charge in [0.15, 0.2) is 0 Å². The van der Waals surface area contributed by atoms with Gasteiger partial charge in [-0.15, -0.1) is 0 Å². The molecule has 1 aliphatic heterocycles. The largest absolute Gasteiger partial charge is 0.337 e. The fourth-order valence-electron chi connectivity index (χ4n) is 2.35. The van der Waals surface area contributed by atoms with E-state index in [9.17, 15) is 4.79 Å². The van der Waals surface area contributed by atoms with Crippen molar-refractivity contribution in [3.8, 4) is 0 Å². The molecule has 98 valence electrons. The number of rotatable bonds is 2. The third kappa shape index (κ3) is 3.09. The second kappa shape index (κ2) is 5.80. The quantitative estimate of drug-likeness (QED) is 0.838. The van der Waals surface area contributed by atoms with Crippen molar-refractivity contribution < 1.29 is 4.79 Å². The predicted octanol–water partition coefficient (Wildman–Crippen LogP) is 2.01. The van der Waals surface area contributed by atoms with E-state index in [-0.39, 0.29) is 5.91 Å². The summed E-state index contributed by atoms with van der Waals surface area (Å²) in [6.45, 7) is 2.07. The van der Waals surface area contributed by atoms with Gasteiger partial charge in [-0.2, -0.15) is 0 Å². The van der Waals surface area contributed by atoms with Crippen molar-refractivity contribution in [1.82, 2.24) is 14.8 Å². The Labute approximate surface area is 116 Å². The summed E-state index contributed by atoms with van der Waals surface area (Å²) < 4.78 is 0.836. The zero-order valence-electron chi connectivity index (χ0n) is 10.8. The molecule has 1 aromatic heterocycles. The van der Waals surface area contributed by atoms with Gasteiger partial charge in [0.2, 0.25) is 0 Å². The first-order valence-corrected chi connectivity index (χ1v) is 6.93. The van der Waals surface area contributed by atoms with Gasteiger partial charge in [-0.05, 0) is 48.4 Å². The highest BCUT2D eigenvalue weighted by Crippen LogP contribution is 2.17. The number of carbonyl (C=O) groups is 1. The fraction of sp³-hybridized carbons (Fsp3) is 0.538. The van der Waals surface area contributed by atoms with E-state index in [2.05, 4.69) is 32.9 Å². The van der Waals surface area contributed by atoms with Crippen LogP contribution in [-0.2, 0) is 0 Å². The Morgan fingerprint density at radius 1 is 1.56 bits per heavy atom.